The van der Waals surface area contributed by atoms with Crippen molar-refractivity contribution in [3.8, 4) is 17.2 Å². The molecule has 0 bridgehead atoms. The smallest absolute Gasteiger partial charge is 0.272 e. The number of para-hydroxylation sites is 1. The van der Waals surface area contributed by atoms with Crippen LogP contribution in [0.15, 0.2) is 102 Å². The maximum absolute atomic E-state index is 13.7. The molecule has 0 aliphatic rings. The normalized spacial score (nSPS) is 11.6. The average Bonchev–Trinajstić information content (AvgIpc) is 3.08. The fraction of sp³-hybridized carbons (Fsp3) is 0.194. The second-order valence-corrected chi connectivity index (χ2v) is 11.7. The van der Waals surface area contributed by atoms with E-state index in [0.29, 0.717) is 57.8 Å². The number of halogens is 1. The molecule has 4 aromatic carbocycles. The Hall–Kier alpha value is -4.93. The van der Waals surface area contributed by atoms with Gasteiger partial charge in [0, 0.05) is 27.8 Å². The second-order valence-electron chi connectivity index (χ2n) is 10.0. The molecular weight excluding hydrogens is 638 g/mol. The molecule has 1 unspecified atom stereocenters. The minimum Gasteiger partial charge on any atom is -0.495 e. The van der Waals surface area contributed by atoms with Crippen molar-refractivity contribution in [2.75, 3.05) is 31.5 Å². The van der Waals surface area contributed by atoms with Gasteiger partial charge in [-0.15, -0.1) is 11.8 Å². The van der Waals surface area contributed by atoms with E-state index in [0.717, 1.165) is 4.90 Å². The predicted molar refractivity (Wildman–Crippen MR) is 188 cm³/mol. The van der Waals surface area contributed by atoms with Crippen LogP contribution >= 0.6 is 23.4 Å². The van der Waals surface area contributed by atoms with Crippen LogP contribution in [0.4, 0.5) is 11.4 Å². The molecule has 0 saturated heterocycles. The molecule has 0 radical (unpaired) electrons. The number of carbonyl (C=O) groups is 3. The van der Waals surface area contributed by atoms with E-state index >= 15 is 0 Å². The molecule has 4 aromatic rings. The lowest BCUT2D eigenvalue weighted by Gasteiger charge is -2.18. The van der Waals surface area contributed by atoms with E-state index in [1.165, 1.54) is 26.0 Å². The van der Waals surface area contributed by atoms with Crippen LogP contribution in [0, 0.1) is 0 Å². The van der Waals surface area contributed by atoms with Gasteiger partial charge in [-0.3, -0.25) is 14.4 Å². The van der Waals surface area contributed by atoms with Crippen LogP contribution in [0.2, 0.25) is 5.02 Å². The Balaban J connectivity index is 1.54. The summed E-state index contributed by atoms with van der Waals surface area (Å²) in [5.74, 6) is 0.210. The molecule has 4 rings (SSSR count). The van der Waals surface area contributed by atoms with Crippen molar-refractivity contribution in [1.82, 2.24) is 5.32 Å². The lowest BCUT2D eigenvalue weighted by Crippen LogP contribution is -2.30. The summed E-state index contributed by atoms with van der Waals surface area (Å²) >= 11 is 7.63. The number of amides is 3. The summed E-state index contributed by atoms with van der Waals surface area (Å²) in [4.78, 5) is 40.8. The molecule has 0 heterocycles. The maximum Gasteiger partial charge on any atom is 0.272 e. The van der Waals surface area contributed by atoms with Crippen LogP contribution in [0.25, 0.3) is 6.08 Å². The van der Waals surface area contributed by atoms with Gasteiger partial charge >= 0.3 is 0 Å². The van der Waals surface area contributed by atoms with E-state index in [1.54, 1.807) is 72.8 Å². The minimum atomic E-state index is -0.531. The van der Waals surface area contributed by atoms with Gasteiger partial charge in [0.25, 0.3) is 11.8 Å². The van der Waals surface area contributed by atoms with Crippen LogP contribution in [0.3, 0.4) is 0 Å². The topological polar surface area (TPSA) is 115 Å². The summed E-state index contributed by atoms with van der Waals surface area (Å²) in [5, 5.41) is 8.41. The van der Waals surface area contributed by atoms with E-state index in [1.807, 2.05) is 38.1 Å². The molecule has 3 amide bonds. The van der Waals surface area contributed by atoms with Crippen molar-refractivity contribution in [3.05, 3.63) is 113 Å². The first-order valence-electron chi connectivity index (χ1n) is 14.9. The molecule has 0 aromatic heterocycles. The van der Waals surface area contributed by atoms with Crippen molar-refractivity contribution in [1.29, 1.82) is 0 Å². The van der Waals surface area contributed by atoms with E-state index in [2.05, 4.69) is 16.0 Å². The Morgan fingerprint density at radius 1 is 0.830 bits per heavy atom. The Morgan fingerprint density at radius 2 is 1.55 bits per heavy atom. The van der Waals surface area contributed by atoms with Gasteiger partial charge in [-0.25, -0.2) is 0 Å². The standard InChI is InChI=1S/C36H36ClN3O6S/c1-5-33(36(43)39-28-21-27(37)31(44-3)22-32(28)45-4)47-26-17-12-16-25(20-26)38-35(42)29(40-34(41)23-13-8-7-9-14-23)19-24-15-10-11-18-30(24)46-6-2/h7-22,33H,5-6H2,1-4H3,(H,38,42)(H,39,43)(H,40,41)/b29-19+. The van der Waals surface area contributed by atoms with Gasteiger partial charge in [-0.05, 0) is 61.9 Å². The molecule has 47 heavy (non-hydrogen) atoms. The quantitative estimate of drug-likeness (QED) is 0.0929. The molecule has 11 heteroatoms. The summed E-state index contributed by atoms with van der Waals surface area (Å²) in [6.07, 6.45) is 2.11. The van der Waals surface area contributed by atoms with Crippen molar-refractivity contribution >= 4 is 58.5 Å². The fourth-order valence-electron chi connectivity index (χ4n) is 4.49. The Morgan fingerprint density at radius 3 is 2.26 bits per heavy atom. The lowest BCUT2D eigenvalue weighted by molar-refractivity contribution is -0.116. The fourth-order valence-corrected chi connectivity index (χ4v) is 5.74. The Labute approximate surface area is 283 Å². The van der Waals surface area contributed by atoms with Crippen LogP contribution in [-0.4, -0.2) is 43.8 Å². The molecule has 0 saturated carbocycles. The third kappa shape index (κ3) is 9.54. The highest BCUT2D eigenvalue weighted by atomic mass is 35.5. The number of thioether (sulfide) groups is 1. The van der Waals surface area contributed by atoms with Crippen molar-refractivity contribution < 1.29 is 28.6 Å². The molecule has 0 fully saturated rings. The first-order valence-corrected chi connectivity index (χ1v) is 16.1. The summed E-state index contributed by atoms with van der Waals surface area (Å²) in [7, 11) is 2.99. The third-order valence-electron chi connectivity index (χ3n) is 6.81. The number of carbonyl (C=O) groups excluding carboxylic acids is 3. The van der Waals surface area contributed by atoms with Crippen molar-refractivity contribution in [3.63, 3.8) is 0 Å². The number of hydrogen-bond acceptors (Lipinski definition) is 7. The zero-order chi connectivity index (χ0) is 33.8. The van der Waals surface area contributed by atoms with Crippen LogP contribution in [-0.2, 0) is 9.59 Å². The number of methoxy groups -OCH3 is 2. The second kappa shape index (κ2) is 17.1. The van der Waals surface area contributed by atoms with Gasteiger partial charge in [-0.2, -0.15) is 0 Å². The van der Waals surface area contributed by atoms with Gasteiger partial charge in [0.15, 0.2) is 0 Å². The zero-order valence-electron chi connectivity index (χ0n) is 26.5. The molecule has 3 N–H and O–H groups in total. The average molecular weight is 674 g/mol. The molecule has 244 valence electrons. The zero-order valence-corrected chi connectivity index (χ0v) is 28.0. The number of nitrogens with one attached hydrogen (secondary N) is 3. The van der Waals surface area contributed by atoms with Crippen LogP contribution < -0.4 is 30.2 Å². The highest BCUT2D eigenvalue weighted by Gasteiger charge is 2.22. The van der Waals surface area contributed by atoms with Gasteiger partial charge < -0.3 is 30.2 Å². The number of ether oxygens (including phenoxy) is 3. The summed E-state index contributed by atoms with van der Waals surface area (Å²) in [5.41, 5.74) is 1.97. The summed E-state index contributed by atoms with van der Waals surface area (Å²) in [6.45, 7) is 4.22. The van der Waals surface area contributed by atoms with E-state index in [9.17, 15) is 14.4 Å². The molecule has 0 spiro atoms. The third-order valence-corrected chi connectivity index (χ3v) is 8.47. The van der Waals surface area contributed by atoms with Gasteiger partial charge in [0.05, 0.1) is 36.8 Å². The molecule has 0 aliphatic heterocycles. The largest absolute Gasteiger partial charge is 0.495 e. The monoisotopic (exact) mass is 673 g/mol. The molecule has 9 nitrogen and oxygen atoms in total. The number of anilines is 2. The highest BCUT2D eigenvalue weighted by molar-refractivity contribution is 8.00. The Bertz CT molecular complexity index is 1750. The van der Waals surface area contributed by atoms with Gasteiger partial charge in [0.2, 0.25) is 5.91 Å². The first-order chi connectivity index (χ1) is 22.8. The molecular formula is C36H36ClN3O6S. The number of rotatable bonds is 14. The molecule has 0 aliphatic carbocycles. The minimum absolute atomic E-state index is 0.0296. The SMILES string of the molecule is CCOc1ccccc1/C=C(/NC(=O)c1ccccc1)C(=O)Nc1cccc(SC(CC)C(=O)Nc2cc(Cl)c(OC)cc2OC)c1. The van der Waals surface area contributed by atoms with E-state index < -0.39 is 17.1 Å². The van der Waals surface area contributed by atoms with E-state index in [-0.39, 0.29) is 11.6 Å². The van der Waals surface area contributed by atoms with Crippen molar-refractivity contribution in [2.24, 2.45) is 0 Å². The molecule has 1 atom stereocenters. The first kappa shape index (κ1) is 34.9. The Kier molecular flexibility index (Phi) is 12.7. The van der Waals surface area contributed by atoms with E-state index in [4.69, 9.17) is 25.8 Å². The summed E-state index contributed by atoms with van der Waals surface area (Å²) < 4.78 is 16.4. The van der Waals surface area contributed by atoms with Gasteiger partial charge in [-0.1, -0.05) is 61.0 Å². The number of benzene rings is 4. The van der Waals surface area contributed by atoms with Crippen molar-refractivity contribution in [2.45, 2.75) is 30.4 Å². The predicted octanol–water partition coefficient (Wildman–Crippen LogP) is 7.67. The van der Waals surface area contributed by atoms with Gasteiger partial charge in [0.1, 0.15) is 22.9 Å². The lowest BCUT2D eigenvalue weighted by atomic mass is 10.1. The summed E-state index contributed by atoms with van der Waals surface area (Å²) in [6, 6.07) is 26.2. The van der Waals surface area contributed by atoms with Crippen LogP contribution in [0.1, 0.15) is 36.2 Å². The van der Waals surface area contributed by atoms with Crippen LogP contribution in [0.5, 0.6) is 17.2 Å². The number of hydrogen-bond donors (Lipinski definition) is 3. The highest BCUT2D eigenvalue weighted by Crippen LogP contribution is 2.37. The maximum atomic E-state index is 13.7.